The van der Waals surface area contributed by atoms with Crippen molar-refractivity contribution in [3.63, 3.8) is 0 Å². The summed E-state index contributed by atoms with van der Waals surface area (Å²) in [5, 5.41) is 17.2. The minimum absolute atomic E-state index is 0.0126. The molecule has 2 N–H and O–H groups in total. The lowest BCUT2D eigenvalue weighted by Crippen LogP contribution is -2.26. The number of carbonyl (C=O) groups is 1. The van der Waals surface area contributed by atoms with Crippen molar-refractivity contribution in [1.82, 2.24) is 5.32 Å². The zero-order valence-corrected chi connectivity index (χ0v) is 17.9. The van der Waals surface area contributed by atoms with Crippen molar-refractivity contribution in [2.24, 2.45) is 5.41 Å². The van der Waals surface area contributed by atoms with Gasteiger partial charge in [-0.05, 0) is 58.0 Å². The molecule has 1 atom stereocenters. The van der Waals surface area contributed by atoms with Gasteiger partial charge in [0.15, 0.2) is 0 Å². The summed E-state index contributed by atoms with van der Waals surface area (Å²) in [4.78, 5) is 11.2. The molecule has 3 rings (SSSR count). The lowest BCUT2D eigenvalue weighted by atomic mass is 9.76. The van der Waals surface area contributed by atoms with Crippen molar-refractivity contribution in [3.05, 3.63) is 72.8 Å². The Kier molecular flexibility index (Phi) is 7.11. The number of fused-ring (bicyclic) bond motifs is 2. The van der Waals surface area contributed by atoms with Crippen molar-refractivity contribution in [2.75, 3.05) is 19.7 Å². The maximum atomic E-state index is 11.2. The summed E-state index contributed by atoms with van der Waals surface area (Å²) in [7, 11) is 0. The molecule has 0 aliphatic carbocycles. The van der Waals surface area contributed by atoms with Gasteiger partial charge in [0.1, 0.15) is 6.61 Å². The average Bonchev–Trinajstić information content (AvgIpc) is 2.72. The molecule has 4 heteroatoms. The molecular weight excluding hydrogens is 374 g/mol. The molecule has 30 heavy (non-hydrogen) atoms. The molecule has 0 aromatic heterocycles. The Hall–Kier alpha value is -2.85. The number of rotatable bonds is 10. The summed E-state index contributed by atoms with van der Waals surface area (Å²) >= 11 is 0. The quantitative estimate of drug-likeness (QED) is 0.178. The molecule has 0 bridgehead atoms. The van der Waals surface area contributed by atoms with E-state index in [1.807, 2.05) is 30.3 Å². The molecule has 0 heterocycles. The number of benzene rings is 3. The first-order valence-corrected chi connectivity index (χ1v) is 10.5. The molecule has 0 saturated heterocycles. The van der Waals surface area contributed by atoms with E-state index in [2.05, 4.69) is 56.1 Å². The normalized spacial score (nSPS) is 12.7. The van der Waals surface area contributed by atoms with E-state index in [9.17, 15) is 9.90 Å². The molecule has 0 fully saturated rings. The van der Waals surface area contributed by atoms with Gasteiger partial charge in [0.25, 0.3) is 0 Å². The Morgan fingerprint density at radius 1 is 1.13 bits per heavy atom. The van der Waals surface area contributed by atoms with Crippen LogP contribution in [0.5, 0.6) is 0 Å². The minimum atomic E-state index is -1.23. The second-order valence-corrected chi connectivity index (χ2v) is 8.62. The minimum Gasteiger partial charge on any atom is -0.450 e. The highest BCUT2D eigenvalue weighted by molar-refractivity contribution is 6.02. The second kappa shape index (κ2) is 9.77. The molecule has 0 saturated carbocycles. The smallest absolute Gasteiger partial charge is 0.450 e. The summed E-state index contributed by atoms with van der Waals surface area (Å²) < 4.78 is 5.13. The van der Waals surface area contributed by atoms with Gasteiger partial charge in [-0.1, -0.05) is 68.5 Å². The Balaban J connectivity index is 2.03. The molecule has 0 aliphatic heterocycles. The second-order valence-electron chi connectivity index (χ2n) is 8.62. The molecule has 158 valence electrons. The monoisotopic (exact) mass is 405 g/mol. The summed E-state index contributed by atoms with van der Waals surface area (Å²) in [6.07, 6.45) is 2.44. The van der Waals surface area contributed by atoms with Gasteiger partial charge in [-0.2, -0.15) is 0 Å². The van der Waals surface area contributed by atoms with Crippen LogP contribution in [0.25, 0.3) is 21.5 Å². The maximum Gasteiger partial charge on any atom is 0.505 e. The highest BCUT2D eigenvalue weighted by atomic mass is 16.7. The van der Waals surface area contributed by atoms with E-state index in [0.29, 0.717) is 0 Å². The largest absolute Gasteiger partial charge is 0.505 e. The predicted octanol–water partition coefficient (Wildman–Crippen LogP) is 6.35. The Bertz CT molecular complexity index is 971. The highest BCUT2D eigenvalue weighted by Gasteiger charge is 2.28. The maximum absolute atomic E-state index is 11.2. The summed E-state index contributed by atoms with van der Waals surface area (Å²) in [5.41, 5.74) is 1.19. The SMILES string of the molecule is C=CCNCCC(C)(C)CC(COC(=O)O)c1c2ccccc2cc2ccccc12. The third-order valence-corrected chi connectivity index (χ3v) is 5.70. The van der Waals surface area contributed by atoms with Gasteiger partial charge in [0.2, 0.25) is 0 Å². The molecule has 1 unspecified atom stereocenters. The van der Waals surface area contributed by atoms with E-state index >= 15 is 0 Å². The molecule has 3 aromatic carbocycles. The first-order valence-electron chi connectivity index (χ1n) is 10.5. The van der Waals surface area contributed by atoms with Crippen LogP contribution < -0.4 is 5.32 Å². The summed E-state index contributed by atoms with van der Waals surface area (Å²) in [6, 6.07) is 18.9. The molecule has 4 nitrogen and oxygen atoms in total. The fourth-order valence-corrected chi connectivity index (χ4v) is 4.30. The topological polar surface area (TPSA) is 58.6 Å². The fourth-order valence-electron chi connectivity index (χ4n) is 4.30. The van der Waals surface area contributed by atoms with Crippen LogP contribution in [0, 0.1) is 5.41 Å². The number of hydrogen-bond donors (Lipinski definition) is 2. The van der Waals surface area contributed by atoms with Crippen LogP contribution in [0.1, 0.15) is 38.2 Å². The number of carboxylic acid groups (broad SMARTS) is 1. The zero-order chi connectivity index (χ0) is 21.6. The molecule has 0 radical (unpaired) electrons. The molecule has 0 spiro atoms. The molecule has 3 aromatic rings. The van der Waals surface area contributed by atoms with E-state index in [1.165, 1.54) is 5.56 Å². The van der Waals surface area contributed by atoms with Crippen LogP contribution in [0.4, 0.5) is 4.79 Å². The Labute approximate surface area is 178 Å². The van der Waals surface area contributed by atoms with Gasteiger partial charge in [0, 0.05) is 12.5 Å². The first-order chi connectivity index (χ1) is 14.4. The van der Waals surface area contributed by atoms with Gasteiger partial charge in [-0.15, -0.1) is 6.58 Å². The third kappa shape index (κ3) is 5.39. The summed E-state index contributed by atoms with van der Waals surface area (Å²) in [5.74, 6) is -0.0356. The lowest BCUT2D eigenvalue weighted by molar-refractivity contribution is 0.0799. The van der Waals surface area contributed by atoms with Crippen molar-refractivity contribution in [2.45, 2.75) is 32.6 Å². The standard InChI is InChI=1S/C26H31NO3/c1-4-14-27-15-13-26(2,3)17-21(18-30-25(28)29)24-22-11-7-5-9-19(22)16-20-10-6-8-12-23(20)24/h4-12,16,21,27H,1,13-15,17-18H2,2-3H3,(H,28,29). The van der Waals surface area contributed by atoms with E-state index in [0.717, 1.165) is 47.5 Å². The third-order valence-electron chi connectivity index (χ3n) is 5.70. The molecule has 0 amide bonds. The zero-order valence-electron chi connectivity index (χ0n) is 17.9. The van der Waals surface area contributed by atoms with Crippen LogP contribution in [-0.2, 0) is 4.74 Å². The van der Waals surface area contributed by atoms with Gasteiger partial charge in [-0.3, -0.25) is 0 Å². The molecular formula is C26H31NO3. The van der Waals surface area contributed by atoms with E-state index in [-0.39, 0.29) is 17.9 Å². The van der Waals surface area contributed by atoms with Crippen LogP contribution in [-0.4, -0.2) is 31.0 Å². The highest BCUT2D eigenvalue weighted by Crippen LogP contribution is 2.40. The van der Waals surface area contributed by atoms with Gasteiger partial charge in [0.05, 0.1) is 0 Å². The first kappa shape index (κ1) is 21.8. The van der Waals surface area contributed by atoms with E-state index < -0.39 is 6.16 Å². The summed E-state index contributed by atoms with van der Waals surface area (Å²) in [6.45, 7) is 10.1. The van der Waals surface area contributed by atoms with Crippen molar-refractivity contribution < 1.29 is 14.6 Å². The van der Waals surface area contributed by atoms with Crippen LogP contribution in [0.2, 0.25) is 0 Å². The van der Waals surface area contributed by atoms with Crippen LogP contribution in [0.15, 0.2) is 67.3 Å². The van der Waals surface area contributed by atoms with Crippen molar-refractivity contribution >= 4 is 27.7 Å². The van der Waals surface area contributed by atoms with Crippen molar-refractivity contribution in [3.8, 4) is 0 Å². The number of hydrogen-bond acceptors (Lipinski definition) is 3. The van der Waals surface area contributed by atoms with Crippen LogP contribution >= 0.6 is 0 Å². The van der Waals surface area contributed by atoms with Crippen molar-refractivity contribution in [1.29, 1.82) is 0 Å². The number of nitrogens with one attached hydrogen (secondary N) is 1. The molecule has 0 aliphatic rings. The Morgan fingerprint density at radius 3 is 2.30 bits per heavy atom. The van der Waals surface area contributed by atoms with Gasteiger partial charge >= 0.3 is 6.16 Å². The average molecular weight is 406 g/mol. The predicted molar refractivity (Wildman–Crippen MR) is 124 cm³/mol. The van der Waals surface area contributed by atoms with E-state index in [1.54, 1.807) is 0 Å². The van der Waals surface area contributed by atoms with Gasteiger partial charge in [-0.25, -0.2) is 4.79 Å². The number of ether oxygens (including phenoxy) is 1. The Morgan fingerprint density at radius 2 is 1.73 bits per heavy atom. The van der Waals surface area contributed by atoms with E-state index in [4.69, 9.17) is 4.74 Å². The van der Waals surface area contributed by atoms with Gasteiger partial charge < -0.3 is 15.2 Å². The fraction of sp³-hybridized carbons (Fsp3) is 0.346. The van der Waals surface area contributed by atoms with Crippen LogP contribution in [0.3, 0.4) is 0 Å². The lowest BCUT2D eigenvalue weighted by Gasteiger charge is -2.31.